The highest BCUT2D eigenvalue weighted by Gasteiger charge is 2.68. The first-order valence-corrected chi connectivity index (χ1v) is 14.6. The zero-order valence-electron chi connectivity index (χ0n) is 24.0. The number of nitrogens with zero attached hydrogens (tertiary/aromatic N) is 2. The zero-order chi connectivity index (χ0) is 26.2. The number of aliphatic hydroxyl groups excluding tert-OH is 1. The van der Waals surface area contributed by atoms with Gasteiger partial charge in [0.15, 0.2) is 5.90 Å². The van der Waals surface area contributed by atoms with E-state index in [1.165, 1.54) is 5.57 Å². The summed E-state index contributed by atoms with van der Waals surface area (Å²) in [6.45, 7) is 14.5. The monoisotopic (exact) mass is 498 g/mol. The van der Waals surface area contributed by atoms with Crippen molar-refractivity contribution in [3.63, 3.8) is 0 Å². The Balaban J connectivity index is 1.47. The molecule has 5 nitrogen and oxygen atoms in total. The Morgan fingerprint density at radius 2 is 1.92 bits per heavy atom. The minimum atomic E-state index is -0.351. The Kier molecular flexibility index (Phi) is 6.55. The van der Waals surface area contributed by atoms with E-state index in [9.17, 15) is 9.90 Å². The van der Waals surface area contributed by atoms with Gasteiger partial charge >= 0.3 is 0 Å². The third kappa shape index (κ3) is 3.61. The minimum absolute atomic E-state index is 0.00104. The molecular weight excluding hydrogens is 448 g/mol. The van der Waals surface area contributed by atoms with Crippen molar-refractivity contribution >= 4 is 11.7 Å². The summed E-state index contributed by atoms with van der Waals surface area (Å²) in [4.78, 5) is 21.3. The number of ketones is 1. The molecule has 36 heavy (non-hydrogen) atoms. The average molecular weight is 499 g/mol. The molecule has 1 N–H and O–H groups in total. The molecule has 5 rings (SSSR count). The van der Waals surface area contributed by atoms with Crippen LogP contribution < -0.4 is 0 Å². The number of carbonyl (C=O) groups is 1. The molecule has 1 aliphatic heterocycles. The van der Waals surface area contributed by atoms with E-state index in [0.717, 1.165) is 51.0 Å². The molecule has 202 valence electrons. The normalized spacial score (nSPS) is 47.9. The van der Waals surface area contributed by atoms with Gasteiger partial charge < -0.3 is 14.7 Å². The van der Waals surface area contributed by atoms with Gasteiger partial charge in [0.1, 0.15) is 5.78 Å². The van der Waals surface area contributed by atoms with Gasteiger partial charge in [-0.05, 0) is 82.2 Å². The smallest absolute Gasteiger partial charge is 0.186 e. The Morgan fingerprint density at radius 3 is 2.58 bits per heavy atom. The van der Waals surface area contributed by atoms with Crippen molar-refractivity contribution in [1.29, 1.82) is 0 Å². The summed E-state index contributed by atoms with van der Waals surface area (Å²) in [6, 6.07) is 0.517. The average Bonchev–Trinajstić information content (AvgIpc) is 2.95. The van der Waals surface area contributed by atoms with Crippen molar-refractivity contribution in [2.45, 2.75) is 105 Å². The van der Waals surface area contributed by atoms with Crippen LogP contribution in [0, 0.1) is 45.8 Å². The van der Waals surface area contributed by atoms with Gasteiger partial charge in [-0.3, -0.25) is 9.79 Å². The number of carbonyl (C=O) groups excluding carboxylic acids is 1. The Labute approximate surface area is 219 Å². The summed E-state index contributed by atoms with van der Waals surface area (Å²) in [5, 5.41) is 11.4. The first-order chi connectivity index (χ1) is 16.9. The summed E-state index contributed by atoms with van der Waals surface area (Å²) in [5.74, 6) is 2.72. The van der Waals surface area contributed by atoms with Crippen LogP contribution in [0.2, 0.25) is 0 Å². The van der Waals surface area contributed by atoms with E-state index in [1.54, 1.807) is 0 Å². The Bertz CT molecular complexity index is 957. The highest BCUT2D eigenvalue weighted by molar-refractivity contribution is 5.84. The molecule has 3 saturated carbocycles. The van der Waals surface area contributed by atoms with Gasteiger partial charge in [-0.2, -0.15) is 0 Å². The van der Waals surface area contributed by atoms with Crippen LogP contribution in [-0.4, -0.2) is 60.6 Å². The van der Waals surface area contributed by atoms with E-state index in [2.05, 4.69) is 66.6 Å². The van der Waals surface area contributed by atoms with E-state index in [1.807, 2.05) is 0 Å². The zero-order valence-corrected chi connectivity index (χ0v) is 24.0. The first kappa shape index (κ1) is 26.4. The number of ether oxygens (including phenoxy) is 1. The minimum Gasteiger partial charge on any atom is -0.480 e. The number of hydrogen-bond acceptors (Lipinski definition) is 5. The Morgan fingerprint density at radius 1 is 1.19 bits per heavy atom. The number of aliphatic imine (C=N–C) groups is 1. The molecular formula is C31H50N2O3. The molecule has 0 aromatic carbocycles. The van der Waals surface area contributed by atoms with Crippen molar-refractivity contribution < 1.29 is 14.6 Å². The number of aliphatic hydroxyl groups is 1. The van der Waals surface area contributed by atoms with Crippen LogP contribution in [0.25, 0.3) is 0 Å². The van der Waals surface area contributed by atoms with E-state index in [0.29, 0.717) is 30.0 Å². The molecule has 0 bridgehead atoms. The van der Waals surface area contributed by atoms with E-state index in [-0.39, 0.29) is 46.3 Å². The summed E-state index contributed by atoms with van der Waals surface area (Å²) in [7, 11) is 4.20. The highest BCUT2D eigenvalue weighted by Crippen LogP contribution is 2.69. The van der Waals surface area contributed by atoms with Crippen LogP contribution in [0.3, 0.4) is 0 Å². The predicted molar refractivity (Wildman–Crippen MR) is 145 cm³/mol. The molecule has 3 fully saturated rings. The Hall–Kier alpha value is -1.20. The van der Waals surface area contributed by atoms with Crippen LogP contribution in [0.4, 0.5) is 0 Å². The lowest BCUT2D eigenvalue weighted by Gasteiger charge is -2.56. The number of Topliss-reactive ketones (excluding diaryl/α,β-unsaturated/α-hetero) is 1. The van der Waals surface area contributed by atoms with Crippen LogP contribution in [0.15, 0.2) is 16.6 Å². The van der Waals surface area contributed by atoms with Gasteiger partial charge in [-0.15, -0.1) is 0 Å². The maximum Gasteiger partial charge on any atom is 0.186 e. The largest absolute Gasteiger partial charge is 0.480 e. The fraction of sp³-hybridized carbons (Fsp3) is 0.871. The topological polar surface area (TPSA) is 62.1 Å². The molecule has 4 aliphatic carbocycles. The van der Waals surface area contributed by atoms with Crippen LogP contribution in [0.1, 0.15) is 86.5 Å². The van der Waals surface area contributed by atoms with Gasteiger partial charge in [0.2, 0.25) is 0 Å². The van der Waals surface area contributed by atoms with Crippen molar-refractivity contribution in [3.05, 3.63) is 11.6 Å². The molecule has 11 atom stereocenters. The fourth-order valence-corrected chi connectivity index (χ4v) is 9.54. The third-order valence-electron chi connectivity index (χ3n) is 12.4. The van der Waals surface area contributed by atoms with Crippen LogP contribution in [0.5, 0.6) is 0 Å². The molecule has 5 aliphatic rings. The molecule has 0 amide bonds. The number of allylic oxidation sites excluding steroid dienone is 1. The van der Waals surface area contributed by atoms with E-state index >= 15 is 0 Å². The highest BCUT2D eigenvalue weighted by atomic mass is 16.5. The van der Waals surface area contributed by atoms with Gasteiger partial charge in [0.05, 0.1) is 18.8 Å². The summed E-state index contributed by atoms with van der Waals surface area (Å²) < 4.78 is 6.33. The number of hydrogen-bond donors (Lipinski definition) is 1. The van der Waals surface area contributed by atoms with Crippen molar-refractivity contribution in [1.82, 2.24) is 4.90 Å². The molecule has 0 radical (unpaired) electrons. The summed E-state index contributed by atoms with van der Waals surface area (Å²) in [5.41, 5.74) is 1.29. The number of fused-ring (bicyclic) bond motifs is 6. The molecule has 0 aromatic heterocycles. The van der Waals surface area contributed by atoms with Gasteiger partial charge in [0, 0.05) is 35.6 Å². The predicted octanol–water partition coefficient (Wildman–Crippen LogP) is 5.52. The van der Waals surface area contributed by atoms with Gasteiger partial charge in [-0.1, -0.05) is 46.3 Å². The lowest BCUT2D eigenvalue weighted by atomic mass is 9.48. The summed E-state index contributed by atoms with van der Waals surface area (Å²) >= 11 is 0. The lowest BCUT2D eigenvalue weighted by Crippen LogP contribution is -2.55. The quantitative estimate of drug-likeness (QED) is 0.519. The summed E-state index contributed by atoms with van der Waals surface area (Å²) in [6.07, 6.45) is 8.59. The first-order valence-electron chi connectivity index (χ1n) is 14.6. The van der Waals surface area contributed by atoms with E-state index in [4.69, 9.17) is 9.73 Å². The standard InChI is InChI=1S/C31H50N2O3/c1-9-18(2)28-32-26-13-10-20-14-21-23(12-11-22(20)29(26,4)17-36-28)30(5)16-25(35)27(19(3)33(7)8)31(30,6)15-24(21)34/h10,18-19,21-23,25-27,35H,9,11-17H2,1-8H3/t18?,19-,21?,22?,23?,25+,26?,27-,29-,30-,31+/m0/s1. The maximum atomic E-state index is 13.9. The second-order valence-electron chi connectivity index (χ2n) is 14.1. The van der Waals surface area contributed by atoms with Crippen molar-refractivity contribution in [2.75, 3.05) is 20.7 Å². The molecule has 0 spiro atoms. The van der Waals surface area contributed by atoms with Gasteiger partial charge in [0.25, 0.3) is 0 Å². The molecule has 1 heterocycles. The molecule has 0 aromatic rings. The van der Waals surface area contributed by atoms with Crippen LogP contribution >= 0.6 is 0 Å². The SMILES string of the molecule is CCC(C)C1=NC2CC=C3CC4C(=O)C[C@]5(C)[C@@H]([C@H](C)N(C)C)[C@H](O)C[C@@]5(C)C4CCC3[C@]2(C)CO1. The third-order valence-corrected chi connectivity index (χ3v) is 12.4. The maximum absolute atomic E-state index is 13.9. The van der Waals surface area contributed by atoms with Crippen LogP contribution in [-0.2, 0) is 9.53 Å². The van der Waals surface area contributed by atoms with Crippen molar-refractivity contribution in [2.24, 2.45) is 50.8 Å². The second kappa shape index (κ2) is 8.93. The van der Waals surface area contributed by atoms with E-state index < -0.39 is 0 Å². The molecule has 5 unspecified atom stereocenters. The van der Waals surface area contributed by atoms with Gasteiger partial charge in [-0.25, -0.2) is 0 Å². The fourth-order valence-electron chi connectivity index (χ4n) is 9.54. The lowest BCUT2D eigenvalue weighted by molar-refractivity contribution is -0.147. The molecule has 0 saturated heterocycles. The second-order valence-corrected chi connectivity index (χ2v) is 14.1. The van der Waals surface area contributed by atoms with Crippen molar-refractivity contribution in [3.8, 4) is 0 Å². The molecule has 5 heteroatoms. The number of rotatable bonds is 4.